The molecule has 5 heteroatoms. The predicted octanol–water partition coefficient (Wildman–Crippen LogP) is 2.91. The number of fused-ring (bicyclic) bond motifs is 1. The molecule has 0 unspecified atom stereocenters. The minimum Gasteiger partial charge on any atom is -0.399 e. The zero-order valence-electron chi connectivity index (χ0n) is 11.9. The van der Waals surface area contributed by atoms with Gasteiger partial charge in [0.1, 0.15) is 0 Å². The van der Waals surface area contributed by atoms with E-state index in [-0.39, 0.29) is 0 Å². The van der Waals surface area contributed by atoms with E-state index in [0.29, 0.717) is 0 Å². The Balaban J connectivity index is 1.55. The Morgan fingerprint density at radius 2 is 2.10 bits per heavy atom. The standard InChI is InChI=1S/C16H19N5/c17-13-3-4-14-15(5-7-20-16(14)11-13)19-6-1-2-9-21-10-8-18-12-21/h3-5,7-8,10-12H,1-2,6,9,17H2,(H,19,20). The molecule has 108 valence electrons. The van der Waals surface area contributed by atoms with E-state index in [2.05, 4.69) is 19.9 Å². The summed E-state index contributed by atoms with van der Waals surface area (Å²) in [6.07, 6.45) is 9.71. The van der Waals surface area contributed by atoms with Crippen molar-refractivity contribution in [2.45, 2.75) is 19.4 Å². The maximum Gasteiger partial charge on any atom is 0.0945 e. The van der Waals surface area contributed by atoms with Crippen molar-refractivity contribution < 1.29 is 0 Å². The van der Waals surface area contributed by atoms with Crippen molar-refractivity contribution >= 4 is 22.3 Å². The van der Waals surface area contributed by atoms with Crippen LogP contribution in [0.2, 0.25) is 0 Å². The molecule has 2 aromatic heterocycles. The first-order chi connectivity index (χ1) is 10.3. The zero-order chi connectivity index (χ0) is 14.5. The predicted molar refractivity (Wildman–Crippen MR) is 86.1 cm³/mol. The van der Waals surface area contributed by atoms with Gasteiger partial charge in [0.05, 0.1) is 11.8 Å². The van der Waals surface area contributed by atoms with Crippen LogP contribution in [0.15, 0.2) is 49.2 Å². The van der Waals surface area contributed by atoms with Crippen LogP contribution in [-0.2, 0) is 6.54 Å². The minimum atomic E-state index is 0.743. The number of unbranched alkanes of at least 4 members (excludes halogenated alkanes) is 1. The fraction of sp³-hybridized carbons (Fsp3) is 0.250. The lowest BCUT2D eigenvalue weighted by Crippen LogP contribution is -2.04. The number of anilines is 2. The molecule has 0 saturated heterocycles. The van der Waals surface area contributed by atoms with E-state index in [1.807, 2.05) is 49.2 Å². The van der Waals surface area contributed by atoms with Crippen molar-refractivity contribution in [2.24, 2.45) is 0 Å². The minimum absolute atomic E-state index is 0.743. The molecule has 5 nitrogen and oxygen atoms in total. The van der Waals surface area contributed by atoms with Crippen LogP contribution >= 0.6 is 0 Å². The van der Waals surface area contributed by atoms with E-state index in [4.69, 9.17) is 5.73 Å². The normalized spacial score (nSPS) is 10.9. The summed E-state index contributed by atoms with van der Waals surface area (Å²) in [6.45, 7) is 1.95. The van der Waals surface area contributed by atoms with Crippen molar-refractivity contribution in [2.75, 3.05) is 17.6 Å². The van der Waals surface area contributed by atoms with E-state index in [1.165, 1.54) is 0 Å². The molecule has 0 amide bonds. The Morgan fingerprint density at radius 3 is 2.95 bits per heavy atom. The summed E-state index contributed by atoms with van der Waals surface area (Å²) >= 11 is 0. The molecular formula is C16H19N5. The van der Waals surface area contributed by atoms with Gasteiger partial charge >= 0.3 is 0 Å². The highest BCUT2D eigenvalue weighted by atomic mass is 15.0. The molecule has 0 aliphatic heterocycles. The Morgan fingerprint density at radius 1 is 1.14 bits per heavy atom. The van der Waals surface area contributed by atoms with Gasteiger partial charge in [-0.25, -0.2) is 4.98 Å². The Hall–Kier alpha value is -2.56. The molecule has 3 aromatic rings. The Bertz CT molecular complexity index is 706. The third-order valence-electron chi connectivity index (χ3n) is 3.48. The Labute approximate surface area is 123 Å². The lowest BCUT2D eigenvalue weighted by molar-refractivity contribution is 0.621. The highest BCUT2D eigenvalue weighted by Gasteiger charge is 2.01. The fourth-order valence-corrected chi connectivity index (χ4v) is 2.38. The molecule has 0 aliphatic carbocycles. The Kier molecular flexibility index (Phi) is 4.00. The number of rotatable bonds is 6. The molecule has 2 heterocycles. The number of hydrogen-bond acceptors (Lipinski definition) is 4. The lowest BCUT2D eigenvalue weighted by atomic mass is 10.1. The SMILES string of the molecule is Nc1ccc2c(NCCCCn3ccnc3)ccnc2c1. The number of nitrogens with zero attached hydrogens (tertiary/aromatic N) is 3. The first-order valence-electron chi connectivity index (χ1n) is 7.17. The molecule has 0 saturated carbocycles. The van der Waals surface area contributed by atoms with E-state index in [9.17, 15) is 0 Å². The van der Waals surface area contributed by atoms with E-state index in [1.54, 1.807) is 0 Å². The fourth-order valence-electron chi connectivity index (χ4n) is 2.38. The summed E-state index contributed by atoms with van der Waals surface area (Å²) in [7, 11) is 0. The molecule has 0 atom stereocenters. The van der Waals surface area contributed by atoms with Gasteiger partial charge in [0.15, 0.2) is 0 Å². The third kappa shape index (κ3) is 3.31. The maximum absolute atomic E-state index is 5.79. The van der Waals surface area contributed by atoms with E-state index in [0.717, 1.165) is 48.2 Å². The third-order valence-corrected chi connectivity index (χ3v) is 3.48. The van der Waals surface area contributed by atoms with Gasteiger partial charge in [-0.15, -0.1) is 0 Å². The maximum atomic E-state index is 5.79. The van der Waals surface area contributed by atoms with Crippen LogP contribution in [0.5, 0.6) is 0 Å². The number of imidazole rings is 1. The number of benzene rings is 1. The van der Waals surface area contributed by atoms with Gasteiger partial charge < -0.3 is 15.6 Å². The number of nitrogens with two attached hydrogens (primary N) is 1. The highest BCUT2D eigenvalue weighted by Crippen LogP contribution is 2.23. The summed E-state index contributed by atoms with van der Waals surface area (Å²) in [6, 6.07) is 7.84. The summed E-state index contributed by atoms with van der Waals surface area (Å²) in [4.78, 5) is 8.39. The smallest absolute Gasteiger partial charge is 0.0945 e. The van der Waals surface area contributed by atoms with Crippen LogP contribution in [0.3, 0.4) is 0 Å². The number of pyridine rings is 1. The van der Waals surface area contributed by atoms with Gasteiger partial charge in [0.25, 0.3) is 0 Å². The monoisotopic (exact) mass is 281 g/mol. The number of hydrogen-bond donors (Lipinski definition) is 2. The van der Waals surface area contributed by atoms with E-state index < -0.39 is 0 Å². The van der Waals surface area contributed by atoms with Crippen LogP contribution in [0, 0.1) is 0 Å². The quantitative estimate of drug-likeness (QED) is 0.538. The molecule has 0 radical (unpaired) electrons. The second-order valence-electron chi connectivity index (χ2n) is 5.07. The van der Waals surface area contributed by atoms with Crippen molar-refractivity contribution in [3.63, 3.8) is 0 Å². The number of nitrogen functional groups attached to an aromatic ring is 1. The van der Waals surface area contributed by atoms with Gasteiger partial charge in [-0.2, -0.15) is 0 Å². The van der Waals surface area contributed by atoms with Crippen molar-refractivity contribution in [3.05, 3.63) is 49.2 Å². The van der Waals surface area contributed by atoms with Crippen LogP contribution in [-0.4, -0.2) is 21.1 Å². The molecular weight excluding hydrogens is 262 g/mol. The average molecular weight is 281 g/mol. The van der Waals surface area contributed by atoms with Crippen LogP contribution in [0.25, 0.3) is 10.9 Å². The topological polar surface area (TPSA) is 68.8 Å². The van der Waals surface area contributed by atoms with Gasteiger partial charge in [-0.3, -0.25) is 4.98 Å². The second kappa shape index (κ2) is 6.26. The van der Waals surface area contributed by atoms with Crippen molar-refractivity contribution in [1.82, 2.24) is 14.5 Å². The number of nitrogens with one attached hydrogen (secondary N) is 1. The summed E-state index contributed by atoms with van der Waals surface area (Å²) in [5, 5.41) is 4.59. The van der Waals surface area contributed by atoms with Crippen LogP contribution in [0.1, 0.15) is 12.8 Å². The second-order valence-corrected chi connectivity index (χ2v) is 5.07. The first-order valence-corrected chi connectivity index (χ1v) is 7.17. The molecule has 21 heavy (non-hydrogen) atoms. The molecule has 3 rings (SSSR count). The summed E-state index contributed by atoms with van der Waals surface area (Å²) in [5.41, 5.74) is 8.58. The zero-order valence-corrected chi connectivity index (χ0v) is 11.9. The number of aromatic nitrogens is 3. The molecule has 1 aromatic carbocycles. The molecule has 0 bridgehead atoms. The van der Waals surface area contributed by atoms with Gasteiger partial charge in [0.2, 0.25) is 0 Å². The lowest BCUT2D eigenvalue weighted by Gasteiger charge is -2.10. The van der Waals surface area contributed by atoms with E-state index >= 15 is 0 Å². The molecule has 0 aliphatic rings. The van der Waals surface area contributed by atoms with Crippen LogP contribution < -0.4 is 11.1 Å². The van der Waals surface area contributed by atoms with Gasteiger partial charge in [0, 0.05) is 48.4 Å². The number of aryl methyl sites for hydroxylation is 1. The van der Waals surface area contributed by atoms with Gasteiger partial charge in [-0.1, -0.05) is 0 Å². The van der Waals surface area contributed by atoms with Crippen molar-refractivity contribution in [1.29, 1.82) is 0 Å². The van der Waals surface area contributed by atoms with Gasteiger partial charge in [-0.05, 0) is 37.1 Å². The molecule has 0 fully saturated rings. The summed E-state index contributed by atoms with van der Waals surface area (Å²) in [5.74, 6) is 0. The van der Waals surface area contributed by atoms with Crippen LogP contribution in [0.4, 0.5) is 11.4 Å². The molecule has 3 N–H and O–H groups in total. The first kappa shape index (κ1) is 13.4. The summed E-state index contributed by atoms with van der Waals surface area (Å²) < 4.78 is 2.10. The van der Waals surface area contributed by atoms with Crippen molar-refractivity contribution in [3.8, 4) is 0 Å². The highest BCUT2D eigenvalue weighted by molar-refractivity contribution is 5.92. The average Bonchev–Trinajstić information content (AvgIpc) is 3.00. The largest absolute Gasteiger partial charge is 0.399 e. The molecule has 0 spiro atoms.